The van der Waals surface area contributed by atoms with Gasteiger partial charge in [-0.25, -0.2) is 11.7 Å². The summed E-state index contributed by atoms with van der Waals surface area (Å²) in [4.78, 5) is 18.0. The van der Waals surface area contributed by atoms with Crippen LogP contribution in [-0.2, 0) is 50.6 Å². The van der Waals surface area contributed by atoms with Gasteiger partial charge in [0.25, 0.3) is 0 Å². The molecule has 1 aliphatic heterocycles. The smallest absolute Gasteiger partial charge is 0.410 e. The summed E-state index contributed by atoms with van der Waals surface area (Å²) in [5.74, 6) is 0.558. The summed E-state index contributed by atoms with van der Waals surface area (Å²) < 4.78 is 7.47. The minimum atomic E-state index is -0.215. The van der Waals surface area contributed by atoms with Crippen LogP contribution in [0.25, 0.3) is 0 Å². The topological polar surface area (TPSA) is 47.4 Å². The third kappa shape index (κ3) is 5.08. The molecule has 0 spiro atoms. The first kappa shape index (κ1) is 19.0. The van der Waals surface area contributed by atoms with E-state index in [9.17, 15) is 4.79 Å². The van der Waals surface area contributed by atoms with Gasteiger partial charge in [0.2, 0.25) is 0 Å². The number of benzene rings is 1. The van der Waals surface area contributed by atoms with Crippen LogP contribution in [0.2, 0.25) is 0 Å². The maximum Gasteiger partial charge on any atom is 0.410 e. The third-order valence-electron chi connectivity index (χ3n) is 4.33. The summed E-state index contributed by atoms with van der Waals surface area (Å²) in [6.45, 7) is 6.71. The predicted molar refractivity (Wildman–Crippen MR) is 87.6 cm³/mol. The Morgan fingerprint density at radius 2 is 1.96 bits per heavy atom. The summed E-state index contributed by atoms with van der Waals surface area (Å²) in [7, 11) is 0. The number of nitrogens with zero attached hydrogens (tertiary/aromatic N) is 3. The SMILES string of the molecule is [CH2-]c1cncn1CC1CCN(C(=O)OCc2ccccc2)CC1.[Y]. The Bertz CT molecular complexity index is 637. The molecule has 3 rings (SSSR count). The van der Waals surface area contributed by atoms with Crippen LogP contribution in [0.1, 0.15) is 24.1 Å². The van der Waals surface area contributed by atoms with Crippen molar-refractivity contribution in [1.82, 2.24) is 14.5 Å². The molecule has 1 saturated heterocycles. The minimum Gasteiger partial charge on any atom is -0.445 e. The van der Waals surface area contributed by atoms with E-state index in [1.165, 1.54) is 0 Å². The zero-order valence-electron chi connectivity index (χ0n) is 13.8. The predicted octanol–water partition coefficient (Wildman–Crippen LogP) is 3.11. The number of ether oxygens (including phenoxy) is 1. The molecule has 1 fully saturated rings. The number of rotatable bonds is 4. The molecule has 0 bridgehead atoms. The van der Waals surface area contributed by atoms with E-state index in [0.29, 0.717) is 12.5 Å². The van der Waals surface area contributed by atoms with Crippen molar-refractivity contribution in [3.63, 3.8) is 0 Å². The normalized spacial score (nSPS) is 14.9. The van der Waals surface area contributed by atoms with Crippen LogP contribution >= 0.6 is 0 Å². The maximum absolute atomic E-state index is 12.1. The van der Waals surface area contributed by atoms with Gasteiger partial charge in [-0.15, -0.1) is 5.69 Å². The van der Waals surface area contributed by atoms with Crippen molar-refractivity contribution in [3.8, 4) is 0 Å². The van der Waals surface area contributed by atoms with Crippen molar-refractivity contribution in [2.45, 2.75) is 26.0 Å². The van der Waals surface area contributed by atoms with Crippen LogP contribution in [0.4, 0.5) is 4.79 Å². The number of aromatic nitrogens is 2. The Hall–Kier alpha value is -1.33. The van der Waals surface area contributed by atoms with E-state index < -0.39 is 0 Å². The summed E-state index contributed by atoms with van der Waals surface area (Å²) in [6, 6.07) is 9.76. The number of hydrogen-bond acceptors (Lipinski definition) is 3. The molecule has 125 valence electrons. The van der Waals surface area contributed by atoms with E-state index in [1.54, 1.807) is 11.1 Å². The van der Waals surface area contributed by atoms with Crippen LogP contribution in [0.15, 0.2) is 42.9 Å². The minimum absolute atomic E-state index is 0. The summed E-state index contributed by atoms with van der Waals surface area (Å²) in [6.07, 6.45) is 5.35. The largest absolute Gasteiger partial charge is 0.445 e. The second kappa shape index (κ2) is 9.23. The third-order valence-corrected chi connectivity index (χ3v) is 4.33. The van der Waals surface area contributed by atoms with Gasteiger partial charge in [-0.1, -0.05) is 36.5 Å². The molecule has 0 atom stereocenters. The molecule has 0 saturated carbocycles. The molecular weight excluding hydrogens is 379 g/mol. The van der Waals surface area contributed by atoms with Crippen LogP contribution < -0.4 is 0 Å². The van der Waals surface area contributed by atoms with Crippen molar-refractivity contribution >= 4 is 6.09 Å². The monoisotopic (exact) mass is 401 g/mol. The number of carbonyl (C=O) groups is 1. The second-order valence-corrected chi connectivity index (χ2v) is 6.01. The van der Waals surface area contributed by atoms with Crippen molar-refractivity contribution in [2.24, 2.45) is 5.92 Å². The maximum atomic E-state index is 12.1. The molecule has 5 nitrogen and oxygen atoms in total. The van der Waals surface area contributed by atoms with E-state index in [-0.39, 0.29) is 38.8 Å². The molecule has 2 aromatic rings. The van der Waals surface area contributed by atoms with Crippen LogP contribution in [0.5, 0.6) is 0 Å². The van der Waals surface area contributed by atoms with Crippen LogP contribution in [0.3, 0.4) is 0 Å². The average Bonchev–Trinajstić information content (AvgIpc) is 2.99. The van der Waals surface area contributed by atoms with Crippen LogP contribution in [-0.4, -0.2) is 33.6 Å². The molecule has 0 N–H and O–H groups in total. The number of hydrogen-bond donors (Lipinski definition) is 0. The molecule has 1 aromatic carbocycles. The summed E-state index contributed by atoms with van der Waals surface area (Å²) in [5.41, 5.74) is 1.95. The Morgan fingerprint density at radius 3 is 2.58 bits per heavy atom. The van der Waals surface area contributed by atoms with Gasteiger partial charge in [0, 0.05) is 52.3 Å². The fourth-order valence-corrected chi connectivity index (χ4v) is 2.90. The summed E-state index contributed by atoms with van der Waals surface area (Å²) in [5, 5.41) is 0. The van der Waals surface area contributed by atoms with E-state index in [0.717, 1.165) is 43.7 Å². The molecular formula is C18H22N3O2Y-. The zero-order chi connectivity index (χ0) is 16.1. The standard InChI is InChI=1S/C18H22N3O2.Y/c1-15-11-19-14-21(15)12-16-7-9-20(10-8-16)18(22)23-13-17-5-3-2-4-6-17;/h2-6,11,14,16H,1,7-10,12-13H2;/q-1;. The van der Waals surface area contributed by atoms with Gasteiger partial charge in [0.05, 0.1) is 6.33 Å². The van der Waals surface area contributed by atoms with Crippen molar-refractivity contribution in [3.05, 3.63) is 61.0 Å². The van der Waals surface area contributed by atoms with Crippen molar-refractivity contribution in [2.75, 3.05) is 13.1 Å². The van der Waals surface area contributed by atoms with Gasteiger partial charge < -0.3 is 19.2 Å². The zero-order valence-corrected chi connectivity index (χ0v) is 16.6. The molecule has 1 radical (unpaired) electrons. The Balaban J connectivity index is 0.00000208. The first-order chi connectivity index (χ1) is 11.2. The molecule has 0 aliphatic carbocycles. The molecule has 1 aromatic heterocycles. The number of carbonyl (C=O) groups excluding carboxylic acids is 1. The van der Waals surface area contributed by atoms with Gasteiger partial charge in [-0.3, -0.25) is 0 Å². The summed E-state index contributed by atoms with van der Waals surface area (Å²) >= 11 is 0. The molecule has 6 heteroatoms. The van der Waals surface area contributed by atoms with E-state index in [2.05, 4.69) is 16.5 Å². The van der Waals surface area contributed by atoms with Crippen LogP contribution in [0, 0.1) is 12.8 Å². The van der Waals surface area contributed by atoms with Gasteiger partial charge in [-0.05, 0) is 24.3 Å². The number of amides is 1. The fraction of sp³-hybridized carbons (Fsp3) is 0.389. The van der Waals surface area contributed by atoms with E-state index >= 15 is 0 Å². The quantitative estimate of drug-likeness (QED) is 0.740. The van der Waals surface area contributed by atoms with E-state index in [4.69, 9.17) is 4.74 Å². The molecule has 0 unspecified atom stereocenters. The first-order valence-electron chi connectivity index (χ1n) is 8.00. The van der Waals surface area contributed by atoms with Crippen molar-refractivity contribution in [1.29, 1.82) is 0 Å². The molecule has 1 amide bonds. The van der Waals surface area contributed by atoms with Crippen molar-refractivity contribution < 1.29 is 42.2 Å². The second-order valence-electron chi connectivity index (χ2n) is 6.01. The Morgan fingerprint density at radius 1 is 1.25 bits per heavy atom. The van der Waals surface area contributed by atoms with Gasteiger partial charge in [0.1, 0.15) is 6.61 Å². The van der Waals surface area contributed by atoms with Gasteiger partial charge in [-0.2, -0.15) is 0 Å². The molecule has 1 aliphatic rings. The Kier molecular flexibility index (Phi) is 7.31. The number of imidazole rings is 1. The number of likely N-dealkylation sites (tertiary alicyclic amines) is 1. The first-order valence-corrected chi connectivity index (χ1v) is 8.00. The fourth-order valence-electron chi connectivity index (χ4n) is 2.90. The van der Waals surface area contributed by atoms with E-state index in [1.807, 2.05) is 36.7 Å². The van der Waals surface area contributed by atoms with Gasteiger partial charge in [0.15, 0.2) is 0 Å². The molecule has 2 heterocycles. The average molecular weight is 401 g/mol. The molecule has 24 heavy (non-hydrogen) atoms. The van der Waals surface area contributed by atoms with Gasteiger partial charge >= 0.3 is 6.09 Å². The Labute approximate surface area is 168 Å². The number of piperidine rings is 1.